The summed E-state index contributed by atoms with van der Waals surface area (Å²) in [4.78, 5) is 57.2. The van der Waals surface area contributed by atoms with Crippen molar-refractivity contribution in [2.45, 2.75) is 19.1 Å². The van der Waals surface area contributed by atoms with Crippen LogP contribution >= 0.6 is 22.9 Å². The highest BCUT2D eigenvalue weighted by Crippen LogP contribution is 2.21. The quantitative estimate of drug-likeness (QED) is 0.136. The number of alkyl halides is 1. The summed E-state index contributed by atoms with van der Waals surface area (Å²) in [6.07, 6.45) is 0.302. The summed E-state index contributed by atoms with van der Waals surface area (Å²) < 4.78 is 6.07. The van der Waals surface area contributed by atoms with Crippen molar-refractivity contribution in [3.05, 3.63) is 23.0 Å². The molecule has 1 fully saturated rings. The average molecular weight is 485 g/mol. The predicted octanol–water partition coefficient (Wildman–Crippen LogP) is -0.747. The van der Waals surface area contributed by atoms with Crippen LogP contribution in [-0.4, -0.2) is 75.0 Å². The second-order valence-corrected chi connectivity index (χ2v) is 7.16. The number of hydrogen-bond acceptors (Lipinski definition) is 11. The number of hydrogen-bond donors (Lipinski definition) is 3. The molecular formula is C16H17ClN8O6S. The number of esters is 1. The van der Waals surface area contributed by atoms with E-state index in [0.29, 0.717) is 0 Å². The standard InChI is InChI=1S/C16H17ClN8O6S/c1-3-31-15(29)8-5-18-24-25(8)12-11(14(28)22-12)21-13(27)10(23-30-2)7-6-32-16(19-7)20-9(26)4-17/h5-6,11-12H,3-4H2,1-2H3,(H,21,27)(H,22,28)(H,19,20,26)/t11-,12+/m1/s1. The Bertz CT molecular complexity index is 1070. The Morgan fingerprint density at radius 2 is 2.19 bits per heavy atom. The number of carbonyl (C=O) groups excluding carboxylic acids is 4. The topological polar surface area (TPSA) is 179 Å². The predicted molar refractivity (Wildman–Crippen MR) is 110 cm³/mol. The summed E-state index contributed by atoms with van der Waals surface area (Å²) in [5, 5.41) is 20.3. The van der Waals surface area contributed by atoms with Crippen LogP contribution in [0.15, 0.2) is 16.7 Å². The van der Waals surface area contributed by atoms with Crippen LogP contribution in [0, 0.1) is 0 Å². The molecule has 0 aliphatic carbocycles. The summed E-state index contributed by atoms with van der Waals surface area (Å²) >= 11 is 6.49. The molecule has 0 radical (unpaired) electrons. The minimum Gasteiger partial charge on any atom is -0.461 e. The molecule has 0 aromatic carbocycles. The fraction of sp³-hybridized carbons (Fsp3) is 0.375. The van der Waals surface area contributed by atoms with Crippen molar-refractivity contribution in [3.63, 3.8) is 0 Å². The van der Waals surface area contributed by atoms with Gasteiger partial charge in [0, 0.05) is 5.38 Å². The highest BCUT2D eigenvalue weighted by molar-refractivity contribution is 7.14. The first kappa shape index (κ1) is 23.1. The van der Waals surface area contributed by atoms with Crippen LogP contribution < -0.4 is 16.0 Å². The van der Waals surface area contributed by atoms with Gasteiger partial charge in [0.25, 0.3) is 5.91 Å². The molecule has 170 valence electrons. The number of ether oxygens (including phenoxy) is 1. The molecule has 2 aromatic heterocycles. The maximum Gasteiger partial charge on any atom is 0.358 e. The molecule has 1 saturated heterocycles. The van der Waals surface area contributed by atoms with Crippen molar-refractivity contribution >= 4 is 57.5 Å². The Balaban J connectivity index is 1.76. The number of carbonyl (C=O) groups is 4. The third-order valence-electron chi connectivity index (χ3n) is 4.01. The van der Waals surface area contributed by atoms with Crippen molar-refractivity contribution in [2.75, 3.05) is 24.9 Å². The lowest BCUT2D eigenvalue weighted by Crippen LogP contribution is -2.66. The van der Waals surface area contributed by atoms with Crippen molar-refractivity contribution in [3.8, 4) is 0 Å². The van der Waals surface area contributed by atoms with Gasteiger partial charge in [-0.3, -0.25) is 14.4 Å². The van der Waals surface area contributed by atoms with E-state index < -0.39 is 35.9 Å². The first-order chi connectivity index (χ1) is 15.4. The Kier molecular flexibility index (Phi) is 7.32. The molecule has 3 heterocycles. The highest BCUT2D eigenvalue weighted by Gasteiger charge is 2.45. The van der Waals surface area contributed by atoms with Gasteiger partial charge in [-0.1, -0.05) is 10.4 Å². The molecule has 0 bridgehead atoms. The number of rotatable bonds is 9. The maximum atomic E-state index is 12.8. The number of β-lactam (4-membered cyclic amide) rings is 1. The van der Waals surface area contributed by atoms with Gasteiger partial charge in [0.2, 0.25) is 11.8 Å². The van der Waals surface area contributed by atoms with Crippen LogP contribution in [0.1, 0.15) is 29.3 Å². The van der Waals surface area contributed by atoms with Gasteiger partial charge >= 0.3 is 5.97 Å². The third kappa shape index (κ3) is 4.83. The normalized spacial score (nSPS) is 17.7. The van der Waals surface area contributed by atoms with Gasteiger partial charge in [0.1, 0.15) is 24.7 Å². The fourth-order valence-corrected chi connectivity index (χ4v) is 3.39. The highest BCUT2D eigenvalue weighted by atomic mass is 35.5. The Labute approximate surface area is 189 Å². The molecule has 14 nitrogen and oxygen atoms in total. The number of nitrogens with zero attached hydrogens (tertiary/aromatic N) is 5. The molecule has 0 spiro atoms. The molecule has 0 unspecified atom stereocenters. The third-order valence-corrected chi connectivity index (χ3v) is 5.01. The van der Waals surface area contributed by atoms with Crippen molar-refractivity contribution < 1.29 is 28.8 Å². The molecule has 3 amide bonds. The molecule has 3 rings (SSSR count). The molecule has 32 heavy (non-hydrogen) atoms. The van der Waals surface area contributed by atoms with E-state index in [0.717, 1.165) is 16.0 Å². The van der Waals surface area contributed by atoms with E-state index in [9.17, 15) is 19.2 Å². The molecule has 1 aliphatic heterocycles. The van der Waals surface area contributed by atoms with Gasteiger partial charge in [0.05, 0.1) is 12.8 Å². The van der Waals surface area contributed by atoms with E-state index >= 15 is 0 Å². The van der Waals surface area contributed by atoms with E-state index in [4.69, 9.17) is 21.2 Å². The zero-order valence-corrected chi connectivity index (χ0v) is 18.3. The second kappa shape index (κ2) is 10.1. The van der Waals surface area contributed by atoms with Gasteiger partial charge in [-0.25, -0.2) is 14.5 Å². The average Bonchev–Trinajstić information content (AvgIpc) is 3.43. The summed E-state index contributed by atoms with van der Waals surface area (Å²) in [5.41, 5.74) is -0.137. The Morgan fingerprint density at radius 3 is 2.84 bits per heavy atom. The molecular weight excluding hydrogens is 468 g/mol. The zero-order valence-electron chi connectivity index (χ0n) is 16.7. The lowest BCUT2D eigenvalue weighted by molar-refractivity contribution is -0.137. The number of amides is 3. The number of oxime groups is 1. The largest absolute Gasteiger partial charge is 0.461 e. The first-order valence-electron chi connectivity index (χ1n) is 9.01. The fourth-order valence-electron chi connectivity index (χ4n) is 2.61. The number of aromatic nitrogens is 4. The number of nitrogens with one attached hydrogen (secondary N) is 3. The molecule has 16 heteroatoms. The van der Waals surface area contributed by atoms with E-state index in [2.05, 4.69) is 36.4 Å². The summed E-state index contributed by atoms with van der Waals surface area (Å²) in [5.74, 6) is -2.71. The number of anilines is 1. The molecule has 2 aromatic rings. The molecule has 1 aliphatic rings. The molecule has 2 atom stereocenters. The summed E-state index contributed by atoms with van der Waals surface area (Å²) in [6, 6.07) is -1.09. The van der Waals surface area contributed by atoms with Gasteiger partial charge in [-0.15, -0.1) is 28.0 Å². The lowest BCUT2D eigenvalue weighted by Gasteiger charge is -2.36. The van der Waals surface area contributed by atoms with Gasteiger partial charge in [-0.05, 0) is 6.92 Å². The van der Waals surface area contributed by atoms with Crippen molar-refractivity contribution in [1.82, 2.24) is 30.6 Å². The molecule has 0 saturated carbocycles. The SMILES string of the molecule is CCOC(=O)c1cnnn1[C@@H]1NC(=O)[C@@H]1NC(=O)C(=NOC)c1csc(NC(=O)CCl)n1. The first-order valence-corrected chi connectivity index (χ1v) is 10.4. The minimum atomic E-state index is -1.09. The zero-order chi connectivity index (χ0) is 23.3. The van der Waals surface area contributed by atoms with Crippen LogP contribution in [0.3, 0.4) is 0 Å². The minimum absolute atomic E-state index is 0.000979. The lowest BCUT2D eigenvalue weighted by atomic mass is 10.1. The van der Waals surface area contributed by atoms with Crippen LogP contribution in [0.4, 0.5) is 5.13 Å². The summed E-state index contributed by atoms with van der Waals surface area (Å²) in [6.45, 7) is 1.78. The van der Waals surface area contributed by atoms with Gasteiger partial charge in [0.15, 0.2) is 22.7 Å². The van der Waals surface area contributed by atoms with Crippen molar-refractivity contribution in [1.29, 1.82) is 0 Å². The van der Waals surface area contributed by atoms with Crippen molar-refractivity contribution in [2.24, 2.45) is 5.16 Å². The van der Waals surface area contributed by atoms with Crippen LogP contribution in [-0.2, 0) is 24.0 Å². The number of thiazole rings is 1. The van der Waals surface area contributed by atoms with E-state index in [1.165, 1.54) is 18.7 Å². The second-order valence-electron chi connectivity index (χ2n) is 6.03. The smallest absolute Gasteiger partial charge is 0.358 e. The number of halogens is 1. The van der Waals surface area contributed by atoms with Gasteiger partial charge < -0.3 is 25.5 Å². The van der Waals surface area contributed by atoms with E-state index in [1.54, 1.807) is 6.92 Å². The Hall–Kier alpha value is -3.59. The Morgan fingerprint density at radius 1 is 1.41 bits per heavy atom. The van der Waals surface area contributed by atoms with E-state index in [-0.39, 0.29) is 34.7 Å². The van der Waals surface area contributed by atoms with Crippen LogP contribution in [0.2, 0.25) is 0 Å². The summed E-state index contributed by atoms with van der Waals surface area (Å²) in [7, 11) is 1.23. The monoisotopic (exact) mass is 484 g/mol. The van der Waals surface area contributed by atoms with E-state index in [1.807, 2.05) is 0 Å². The van der Waals surface area contributed by atoms with Crippen LogP contribution in [0.5, 0.6) is 0 Å². The van der Waals surface area contributed by atoms with Gasteiger partial charge in [-0.2, -0.15) is 0 Å². The van der Waals surface area contributed by atoms with Crippen LogP contribution in [0.25, 0.3) is 0 Å². The maximum absolute atomic E-state index is 12.8. The molecule has 3 N–H and O–H groups in total.